The van der Waals surface area contributed by atoms with Crippen LogP contribution in [0.25, 0.3) is 33.1 Å². The van der Waals surface area contributed by atoms with Crippen LogP contribution in [0.3, 0.4) is 0 Å². The zero-order valence-electron chi connectivity index (χ0n) is 20.5. The lowest BCUT2D eigenvalue weighted by molar-refractivity contribution is -0.143. The molecule has 7 nitrogen and oxygen atoms in total. The Bertz CT molecular complexity index is 1500. The third kappa shape index (κ3) is 4.34. The molecule has 2 N–H and O–H groups in total. The molecule has 182 valence electrons. The highest BCUT2D eigenvalue weighted by atomic mass is 16.4. The van der Waals surface area contributed by atoms with Crippen molar-refractivity contribution in [2.45, 2.75) is 53.5 Å². The summed E-state index contributed by atoms with van der Waals surface area (Å²) >= 11 is 0. The monoisotopic (exact) mass is 475 g/mol. The Balaban J connectivity index is 1.82. The quantitative estimate of drug-likeness (QED) is 0.352. The third-order valence-corrected chi connectivity index (χ3v) is 6.83. The number of furan rings is 1. The van der Waals surface area contributed by atoms with Crippen molar-refractivity contribution in [2.75, 3.05) is 0 Å². The van der Waals surface area contributed by atoms with E-state index in [9.17, 15) is 19.5 Å². The number of amides is 1. The van der Waals surface area contributed by atoms with Crippen molar-refractivity contribution < 1.29 is 23.5 Å². The molecule has 4 rings (SSSR count). The van der Waals surface area contributed by atoms with Crippen molar-refractivity contribution in [3.8, 4) is 11.1 Å². The van der Waals surface area contributed by atoms with Crippen LogP contribution in [0, 0.1) is 26.7 Å². The lowest BCUT2D eigenvalue weighted by Crippen LogP contribution is -2.45. The molecular formula is C28H29NO6. The number of rotatable bonds is 7. The molecule has 2 atom stereocenters. The molecule has 2 aromatic carbocycles. The first-order valence-electron chi connectivity index (χ1n) is 11.7. The number of hydrogen-bond donors (Lipinski definition) is 2. The van der Waals surface area contributed by atoms with Crippen LogP contribution in [0.1, 0.15) is 42.7 Å². The smallest absolute Gasteiger partial charge is 0.340 e. The molecule has 35 heavy (non-hydrogen) atoms. The van der Waals surface area contributed by atoms with Crippen LogP contribution in [0.2, 0.25) is 0 Å². The predicted molar refractivity (Wildman–Crippen MR) is 135 cm³/mol. The minimum atomic E-state index is -1.10. The molecule has 0 aliphatic rings. The van der Waals surface area contributed by atoms with Gasteiger partial charge in [0.1, 0.15) is 23.0 Å². The van der Waals surface area contributed by atoms with E-state index in [0.717, 1.165) is 22.3 Å². The van der Waals surface area contributed by atoms with Crippen LogP contribution in [0.15, 0.2) is 50.0 Å². The minimum absolute atomic E-state index is 0.212. The van der Waals surface area contributed by atoms with Gasteiger partial charge in [-0.05, 0) is 43.9 Å². The maximum Gasteiger partial charge on any atom is 0.340 e. The van der Waals surface area contributed by atoms with Crippen LogP contribution < -0.4 is 10.9 Å². The Morgan fingerprint density at radius 3 is 2.29 bits per heavy atom. The van der Waals surface area contributed by atoms with E-state index in [4.69, 9.17) is 8.83 Å². The zero-order valence-corrected chi connectivity index (χ0v) is 20.5. The van der Waals surface area contributed by atoms with Crippen molar-refractivity contribution in [3.63, 3.8) is 0 Å². The van der Waals surface area contributed by atoms with Gasteiger partial charge < -0.3 is 19.3 Å². The second-order valence-corrected chi connectivity index (χ2v) is 9.09. The van der Waals surface area contributed by atoms with Gasteiger partial charge in [-0.1, -0.05) is 50.6 Å². The first-order chi connectivity index (χ1) is 16.6. The molecule has 1 amide bonds. The maximum absolute atomic E-state index is 12.9. The fourth-order valence-electron chi connectivity index (χ4n) is 4.61. The van der Waals surface area contributed by atoms with Gasteiger partial charge in [0.2, 0.25) is 5.91 Å². The van der Waals surface area contributed by atoms with Gasteiger partial charge in [-0.15, -0.1) is 0 Å². The highest BCUT2D eigenvalue weighted by Crippen LogP contribution is 2.39. The molecule has 4 aromatic rings. The molecule has 2 heterocycles. The Morgan fingerprint density at radius 1 is 1.00 bits per heavy atom. The lowest BCUT2D eigenvalue weighted by atomic mass is 9.96. The van der Waals surface area contributed by atoms with E-state index in [1.807, 2.05) is 57.2 Å². The molecule has 7 heteroatoms. The number of aryl methyl sites for hydroxylation is 3. The number of benzene rings is 2. The van der Waals surface area contributed by atoms with Gasteiger partial charge in [-0.3, -0.25) is 4.79 Å². The maximum atomic E-state index is 12.9. The number of fused-ring (bicyclic) bond motifs is 2. The average Bonchev–Trinajstić information content (AvgIpc) is 3.17. The molecular weight excluding hydrogens is 446 g/mol. The Hall–Kier alpha value is -3.87. The zero-order chi connectivity index (χ0) is 25.4. The summed E-state index contributed by atoms with van der Waals surface area (Å²) in [5, 5.41) is 13.7. The number of carbonyl (C=O) groups is 2. The van der Waals surface area contributed by atoms with E-state index in [0.29, 0.717) is 34.1 Å². The molecule has 0 spiro atoms. The summed E-state index contributed by atoms with van der Waals surface area (Å²) in [4.78, 5) is 37.2. The molecule has 0 saturated carbocycles. The molecule has 0 radical (unpaired) electrons. The molecule has 0 aliphatic heterocycles. The van der Waals surface area contributed by atoms with Crippen LogP contribution >= 0.6 is 0 Å². The summed E-state index contributed by atoms with van der Waals surface area (Å²) in [6.45, 7) is 9.16. The van der Waals surface area contributed by atoms with Gasteiger partial charge in [0.25, 0.3) is 0 Å². The average molecular weight is 476 g/mol. The van der Waals surface area contributed by atoms with E-state index in [1.54, 1.807) is 13.8 Å². The van der Waals surface area contributed by atoms with Gasteiger partial charge >= 0.3 is 11.6 Å². The number of carboxylic acids is 1. The summed E-state index contributed by atoms with van der Waals surface area (Å²) in [6.07, 6.45) is 0.328. The highest BCUT2D eigenvalue weighted by Gasteiger charge is 2.27. The second kappa shape index (κ2) is 9.41. The lowest BCUT2D eigenvalue weighted by Gasteiger charge is -2.20. The van der Waals surface area contributed by atoms with Crippen molar-refractivity contribution in [3.05, 3.63) is 69.3 Å². The van der Waals surface area contributed by atoms with Crippen molar-refractivity contribution in [1.82, 2.24) is 5.32 Å². The molecule has 0 bridgehead atoms. The minimum Gasteiger partial charge on any atom is -0.480 e. The third-order valence-electron chi connectivity index (χ3n) is 6.83. The standard InChI is InChI=1S/C28H29NO6/c1-6-14(2)24(27(31)32)29-22(30)13-20-15(3)19-12-21-23(18-10-8-7-9-11-18)17(5)34-26(21)16(4)25(19)35-28(20)33/h7-12,14,24H,6,13H2,1-5H3,(H,29,30)(H,31,32)/t14-,24-/m0/s1. The summed E-state index contributed by atoms with van der Waals surface area (Å²) in [6, 6.07) is 10.8. The van der Waals surface area contributed by atoms with Crippen LogP contribution in [0.5, 0.6) is 0 Å². The van der Waals surface area contributed by atoms with E-state index in [2.05, 4.69) is 5.32 Å². The summed E-state index contributed by atoms with van der Waals surface area (Å²) in [7, 11) is 0. The first kappa shape index (κ1) is 24.3. The first-order valence-corrected chi connectivity index (χ1v) is 11.7. The number of carbonyl (C=O) groups excluding carboxylic acids is 1. The Kier molecular flexibility index (Phi) is 6.52. The fourth-order valence-corrected chi connectivity index (χ4v) is 4.61. The molecule has 0 aliphatic carbocycles. The topological polar surface area (TPSA) is 110 Å². The summed E-state index contributed by atoms with van der Waals surface area (Å²) in [5.41, 5.74) is 3.99. The Morgan fingerprint density at radius 2 is 1.66 bits per heavy atom. The number of hydrogen-bond acceptors (Lipinski definition) is 5. The SMILES string of the molecule is CC[C@H](C)[C@H](NC(=O)Cc1c(C)c2cc3c(-c4ccccc4)c(C)oc3c(C)c2oc1=O)C(=O)O. The predicted octanol–water partition coefficient (Wildman–Crippen LogP) is 5.29. The van der Waals surface area contributed by atoms with Gasteiger partial charge in [-0.2, -0.15) is 0 Å². The summed E-state index contributed by atoms with van der Waals surface area (Å²) < 4.78 is 11.8. The van der Waals surface area contributed by atoms with E-state index < -0.39 is 23.5 Å². The molecule has 0 saturated heterocycles. The van der Waals surface area contributed by atoms with Crippen LogP contribution in [-0.4, -0.2) is 23.0 Å². The van der Waals surface area contributed by atoms with Crippen LogP contribution in [-0.2, 0) is 16.0 Å². The molecule has 2 aromatic heterocycles. The highest BCUT2D eigenvalue weighted by molar-refractivity contribution is 6.06. The Labute approximate surface area is 202 Å². The number of carboxylic acid groups (broad SMARTS) is 1. The number of aliphatic carboxylic acids is 1. The van der Waals surface area contributed by atoms with Gasteiger partial charge in [0.15, 0.2) is 0 Å². The fraction of sp³-hybridized carbons (Fsp3) is 0.321. The van der Waals surface area contributed by atoms with E-state index in [-0.39, 0.29) is 17.9 Å². The van der Waals surface area contributed by atoms with E-state index >= 15 is 0 Å². The molecule has 0 unspecified atom stereocenters. The number of nitrogens with one attached hydrogen (secondary N) is 1. The van der Waals surface area contributed by atoms with Crippen LogP contribution in [0.4, 0.5) is 0 Å². The van der Waals surface area contributed by atoms with Gasteiger partial charge in [-0.25, -0.2) is 9.59 Å². The van der Waals surface area contributed by atoms with Crippen molar-refractivity contribution >= 4 is 33.8 Å². The normalized spacial score (nSPS) is 13.2. The molecule has 0 fully saturated rings. The summed E-state index contributed by atoms with van der Waals surface area (Å²) in [5.74, 6) is -1.12. The van der Waals surface area contributed by atoms with Crippen molar-refractivity contribution in [2.24, 2.45) is 5.92 Å². The van der Waals surface area contributed by atoms with Gasteiger partial charge in [0.05, 0.1) is 12.0 Å². The van der Waals surface area contributed by atoms with E-state index in [1.165, 1.54) is 0 Å². The van der Waals surface area contributed by atoms with Gasteiger partial charge in [0, 0.05) is 21.9 Å². The van der Waals surface area contributed by atoms with Crippen molar-refractivity contribution in [1.29, 1.82) is 0 Å². The largest absolute Gasteiger partial charge is 0.480 e. The second-order valence-electron chi connectivity index (χ2n) is 9.09.